The summed E-state index contributed by atoms with van der Waals surface area (Å²) in [6.45, 7) is 4.27. The van der Waals surface area contributed by atoms with Crippen molar-refractivity contribution in [2.75, 3.05) is 0 Å². The minimum Gasteiger partial charge on any atom is -0.198 e. The molecule has 0 aromatic carbocycles. The Hall–Kier alpha value is -0.770. The quantitative estimate of drug-likeness (QED) is 0.546. The summed E-state index contributed by atoms with van der Waals surface area (Å²) in [4.78, 5) is 0. The molecule has 0 unspecified atom stereocenters. The number of nitriles is 1. The van der Waals surface area contributed by atoms with Crippen molar-refractivity contribution in [2.24, 2.45) is 0 Å². The highest BCUT2D eigenvalue weighted by Crippen LogP contribution is 2.06. The zero-order valence-corrected chi connectivity index (χ0v) is 6.85. The van der Waals surface area contributed by atoms with Crippen LogP contribution in [0, 0.1) is 11.3 Å². The third-order valence-electron chi connectivity index (χ3n) is 1.47. The first-order valence-corrected chi connectivity index (χ1v) is 3.83. The zero-order valence-electron chi connectivity index (χ0n) is 6.85. The van der Waals surface area contributed by atoms with Crippen molar-refractivity contribution >= 4 is 0 Å². The molecule has 10 heavy (non-hydrogen) atoms. The van der Waals surface area contributed by atoms with Crippen LogP contribution < -0.4 is 0 Å². The standard InChI is InChI=1S/C9H15N/c1-3-4-6-9(2)7-5-8-10/h7H,3-6H2,1-2H3. The molecule has 0 aliphatic heterocycles. The molecule has 0 saturated heterocycles. The molecule has 0 aromatic rings. The second-order valence-electron chi connectivity index (χ2n) is 2.52. The van der Waals surface area contributed by atoms with Crippen LogP contribution in [0.5, 0.6) is 0 Å². The molecule has 0 aliphatic rings. The molecule has 0 aliphatic carbocycles. The van der Waals surface area contributed by atoms with Crippen molar-refractivity contribution in [3.63, 3.8) is 0 Å². The van der Waals surface area contributed by atoms with E-state index < -0.39 is 0 Å². The van der Waals surface area contributed by atoms with Gasteiger partial charge in [-0.05, 0) is 19.8 Å². The lowest BCUT2D eigenvalue weighted by atomic mass is 10.1. The van der Waals surface area contributed by atoms with Crippen LogP contribution in [0.3, 0.4) is 0 Å². The van der Waals surface area contributed by atoms with E-state index in [1.807, 2.05) is 6.08 Å². The van der Waals surface area contributed by atoms with Crippen molar-refractivity contribution in [3.8, 4) is 6.07 Å². The van der Waals surface area contributed by atoms with Gasteiger partial charge >= 0.3 is 0 Å². The Balaban J connectivity index is 3.42. The lowest BCUT2D eigenvalue weighted by Crippen LogP contribution is -1.76. The van der Waals surface area contributed by atoms with Gasteiger partial charge in [-0.25, -0.2) is 0 Å². The van der Waals surface area contributed by atoms with Crippen LogP contribution in [0.15, 0.2) is 11.6 Å². The molecule has 0 saturated carbocycles. The summed E-state index contributed by atoms with van der Waals surface area (Å²) in [5, 5.41) is 8.25. The minimum atomic E-state index is 0.565. The molecule has 0 N–H and O–H groups in total. The van der Waals surface area contributed by atoms with Gasteiger partial charge < -0.3 is 0 Å². The highest BCUT2D eigenvalue weighted by atomic mass is 14.2. The van der Waals surface area contributed by atoms with Gasteiger partial charge in [0.25, 0.3) is 0 Å². The maximum absolute atomic E-state index is 8.25. The van der Waals surface area contributed by atoms with Crippen molar-refractivity contribution in [2.45, 2.75) is 39.5 Å². The summed E-state index contributed by atoms with van der Waals surface area (Å²) in [5.41, 5.74) is 1.35. The Morgan fingerprint density at radius 3 is 2.80 bits per heavy atom. The van der Waals surface area contributed by atoms with E-state index in [1.165, 1.54) is 18.4 Å². The molecule has 0 rings (SSSR count). The van der Waals surface area contributed by atoms with Gasteiger partial charge in [-0.3, -0.25) is 0 Å². The first-order valence-electron chi connectivity index (χ1n) is 3.83. The van der Waals surface area contributed by atoms with Gasteiger partial charge in [-0.2, -0.15) is 5.26 Å². The molecule has 0 amide bonds. The molecule has 1 nitrogen and oxygen atoms in total. The van der Waals surface area contributed by atoms with Gasteiger partial charge in [0.05, 0.1) is 12.5 Å². The molecular weight excluding hydrogens is 122 g/mol. The average Bonchev–Trinajstić information content (AvgIpc) is 1.97. The molecule has 0 fully saturated rings. The van der Waals surface area contributed by atoms with Gasteiger partial charge in [0.2, 0.25) is 0 Å². The van der Waals surface area contributed by atoms with Crippen molar-refractivity contribution in [1.82, 2.24) is 0 Å². The van der Waals surface area contributed by atoms with Gasteiger partial charge in [0, 0.05) is 0 Å². The number of rotatable bonds is 4. The Labute approximate surface area is 63.4 Å². The fraction of sp³-hybridized carbons (Fsp3) is 0.667. The second kappa shape index (κ2) is 6.35. The maximum Gasteiger partial charge on any atom is 0.0663 e. The molecule has 0 bridgehead atoms. The monoisotopic (exact) mass is 137 g/mol. The highest BCUT2D eigenvalue weighted by Gasteiger charge is 1.86. The molecule has 0 aromatic heterocycles. The normalized spacial score (nSPS) is 11.1. The molecule has 0 spiro atoms. The number of unbranched alkanes of at least 4 members (excludes halogenated alkanes) is 1. The fourth-order valence-corrected chi connectivity index (χ4v) is 0.778. The van der Waals surface area contributed by atoms with Gasteiger partial charge in [-0.15, -0.1) is 0 Å². The third-order valence-corrected chi connectivity index (χ3v) is 1.47. The SMILES string of the molecule is CCCCC(C)=CCC#N. The first kappa shape index (κ1) is 9.23. The smallest absolute Gasteiger partial charge is 0.0663 e. The Kier molecular flexibility index (Phi) is 5.86. The molecule has 0 atom stereocenters. The summed E-state index contributed by atoms with van der Waals surface area (Å²) in [7, 11) is 0. The van der Waals surface area contributed by atoms with Crippen LogP contribution in [0.4, 0.5) is 0 Å². The van der Waals surface area contributed by atoms with Gasteiger partial charge in [0.15, 0.2) is 0 Å². The fourth-order valence-electron chi connectivity index (χ4n) is 0.778. The molecule has 1 heteroatoms. The van der Waals surface area contributed by atoms with E-state index in [2.05, 4.69) is 19.9 Å². The topological polar surface area (TPSA) is 23.8 Å². The Bertz CT molecular complexity index is 139. The van der Waals surface area contributed by atoms with E-state index in [1.54, 1.807) is 0 Å². The summed E-state index contributed by atoms with van der Waals surface area (Å²) in [6, 6.07) is 2.10. The largest absolute Gasteiger partial charge is 0.198 e. The van der Waals surface area contributed by atoms with E-state index >= 15 is 0 Å². The van der Waals surface area contributed by atoms with E-state index in [9.17, 15) is 0 Å². The molecule has 56 valence electrons. The van der Waals surface area contributed by atoms with Crippen molar-refractivity contribution < 1.29 is 0 Å². The number of nitrogens with zero attached hydrogens (tertiary/aromatic N) is 1. The van der Waals surface area contributed by atoms with Crippen LogP contribution in [-0.4, -0.2) is 0 Å². The lowest BCUT2D eigenvalue weighted by molar-refractivity contribution is 0.785. The third kappa shape index (κ3) is 5.37. The van der Waals surface area contributed by atoms with Crippen LogP contribution >= 0.6 is 0 Å². The Morgan fingerprint density at radius 1 is 1.60 bits per heavy atom. The second-order valence-corrected chi connectivity index (χ2v) is 2.52. The van der Waals surface area contributed by atoms with E-state index in [4.69, 9.17) is 5.26 Å². The first-order chi connectivity index (χ1) is 4.81. The van der Waals surface area contributed by atoms with Crippen LogP contribution in [0.25, 0.3) is 0 Å². The van der Waals surface area contributed by atoms with Gasteiger partial charge in [-0.1, -0.05) is 25.0 Å². The van der Waals surface area contributed by atoms with Crippen molar-refractivity contribution in [1.29, 1.82) is 5.26 Å². The van der Waals surface area contributed by atoms with Crippen LogP contribution in [0.1, 0.15) is 39.5 Å². The van der Waals surface area contributed by atoms with Crippen LogP contribution in [0.2, 0.25) is 0 Å². The predicted octanol–water partition coefficient (Wildman–Crippen LogP) is 3.04. The predicted molar refractivity (Wildman–Crippen MR) is 43.5 cm³/mol. The summed E-state index contributed by atoms with van der Waals surface area (Å²) >= 11 is 0. The Morgan fingerprint density at radius 2 is 2.30 bits per heavy atom. The lowest BCUT2D eigenvalue weighted by Gasteiger charge is -1.95. The average molecular weight is 137 g/mol. The maximum atomic E-state index is 8.25. The molecule has 0 radical (unpaired) electrons. The number of allylic oxidation sites excluding steroid dienone is 2. The van der Waals surface area contributed by atoms with Gasteiger partial charge in [0.1, 0.15) is 0 Å². The molecular formula is C9H15N. The highest BCUT2D eigenvalue weighted by molar-refractivity contribution is 5.01. The minimum absolute atomic E-state index is 0.565. The van der Waals surface area contributed by atoms with Crippen molar-refractivity contribution in [3.05, 3.63) is 11.6 Å². The molecule has 0 heterocycles. The number of hydrogen-bond donors (Lipinski definition) is 0. The summed E-state index contributed by atoms with van der Waals surface area (Å²) in [5.74, 6) is 0. The summed E-state index contributed by atoms with van der Waals surface area (Å²) in [6.07, 6.45) is 6.20. The zero-order chi connectivity index (χ0) is 7.82. The summed E-state index contributed by atoms with van der Waals surface area (Å²) < 4.78 is 0. The van der Waals surface area contributed by atoms with Crippen LogP contribution in [-0.2, 0) is 0 Å². The number of hydrogen-bond acceptors (Lipinski definition) is 1. The van der Waals surface area contributed by atoms with E-state index in [0.29, 0.717) is 6.42 Å². The van der Waals surface area contributed by atoms with E-state index in [-0.39, 0.29) is 0 Å². The van der Waals surface area contributed by atoms with E-state index in [0.717, 1.165) is 6.42 Å².